The summed E-state index contributed by atoms with van der Waals surface area (Å²) < 4.78 is 5.47. The van der Waals surface area contributed by atoms with Crippen LogP contribution in [0, 0.1) is 0 Å². The van der Waals surface area contributed by atoms with Gasteiger partial charge in [0.1, 0.15) is 0 Å². The van der Waals surface area contributed by atoms with E-state index < -0.39 is 0 Å². The summed E-state index contributed by atoms with van der Waals surface area (Å²) in [5.41, 5.74) is 2.19. The van der Waals surface area contributed by atoms with Gasteiger partial charge in [0.25, 0.3) is 0 Å². The molecule has 2 unspecified atom stereocenters. The summed E-state index contributed by atoms with van der Waals surface area (Å²) in [5.74, 6) is 0. The molecule has 1 aromatic heterocycles. The molecule has 1 aromatic rings. The lowest BCUT2D eigenvalue weighted by Gasteiger charge is -2.33. The van der Waals surface area contributed by atoms with Crippen LogP contribution in [0.15, 0.2) is 18.3 Å². The highest BCUT2D eigenvalue weighted by Gasteiger charge is 2.20. The fraction of sp³-hybridized carbons (Fsp3) is 0.667. The molecule has 5 heteroatoms. The van der Waals surface area contributed by atoms with Crippen LogP contribution in [0.3, 0.4) is 0 Å². The van der Waals surface area contributed by atoms with Gasteiger partial charge in [-0.25, -0.2) is 0 Å². The highest BCUT2D eigenvalue weighted by atomic mass is 16.5. The van der Waals surface area contributed by atoms with Crippen molar-refractivity contribution in [3.8, 4) is 0 Å². The van der Waals surface area contributed by atoms with E-state index in [1.165, 1.54) is 0 Å². The molecule has 1 aliphatic rings. The standard InChI is InChI=1S/C15H25N3O2/c1-3-14(16-4-2)15-6-5-12(9-17-15)18-7-8-20-13(10-18)11-19/h5-6,9,13-14,16,19H,3-4,7-8,10-11H2,1-2H3. The number of ether oxygens (including phenoxy) is 1. The van der Waals surface area contributed by atoms with E-state index in [9.17, 15) is 5.11 Å². The molecule has 20 heavy (non-hydrogen) atoms. The number of hydrogen-bond donors (Lipinski definition) is 2. The second-order valence-electron chi connectivity index (χ2n) is 5.08. The maximum Gasteiger partial charge on any atom is 0.0980 e. The van der Waals surface area contributed by atoms with Gasteiger partial charge in [-0.2, -0.15) is 0 Å². The maximum absolute atomic E-state index is 9.19. The Morgan fingerprint density at radius 2 is 2.35 bits per heavy atom. The monoisotopic (exact) mass is 279 g/mol. The van der Waals surface area contributed by atoms with Crippen LogP contribution in [0.1, 0.15) is 32.0 Å². The van der Waals surface area contributed by atoms with Crippen LogP contribution in [0.2, 0.25) is 0 Å². The van der Waals surface area contributed by atoms with Crippen LogP contribution in [0.4, 0.5) is 5.69 Å². The summed E-state index contributed by atoms with van der Waals surface area (Å²) in [5, 5.41) is 12.6. The summed E-state index contributed by atoms with van der Waals surface area (Å²) in [6.07, 6.45) is 2.87. The van der Waals surface area contributed by atoms with Gasteiger partial charge < -0.3 is 20.1 Å². The first-order chi connectivity index (χ1) is 9.78. The summed E-state index contributed by atoms with van der Waals surface area (Å²) in [6.45, 7) is 7.52. The quantitative estimate of drug-likeness (QED) is 0.823. The molecule has 2 rings (SSSR count). The molecule has 1 fully saturated rings. The number of morpholine rings is 1. The Hall–Kier alpha value is -1.17. The van der Waals surface area contributed by atoms with E-state index in [0.717, 1.165) is 37.4 Å². The van der Waals surface area contributed by atoms with Gasteiger partial charge in [0.15, 0.2) is 0 Å². The molecule has 1 aliphatic heterocycles. The normalized spacial score (nSPS) is 20.9. The van der Waals surface area contributed by atoms with Crippen molar-refractivity contribution in [1.29, 1.82) is 0 Å². The largest absolute Gasteiger partial charge is 0.394 e. The zero-order chi connectivity index (χ0) is 14.4. The van der Waals surface area contributed by atoms with E-state index in [2.05, 4.69) is 41.2 Å². The van der Waals surface area contributed by atoms with Gasteiger partial charge in [-0.1, -0.05) is 13.8 Å². The number of nitrogens with zero attached hydrogens (tertiary/aromatic N) is 2. The van der Waals surface area contributed by atoms with E-state index in [0.29, 0.717) is 12.6 Å². The van der Waals surface area contributed by atoms with Crippen molar-refractivity contribution in [1.82, 2.24) is 10.3 Å². The van der Waals surface area contributed by atoms with Gasteiger partial charge in [-0.15, -0.1) is 0 Å². The predicted molar refractivity (Wildman–Crippen MR) is 80.0 cm³/mol. The SMILES string of the molecule is CCNC(CC)c1ccc(N2CCOC(CO)C2)cn1. The topological polar surface area (TPSA) is 57.6 Å². The van der Waals surface area contributed by atoms with Crippen molar-refractivity contribution < 1.29 is 9.84 Å². The zero-order valence-corrected chi connectivity index (χ0v) is 12.4. The Bertz CT molecular complexity index is 397. The highest BCUT2D eigenvalue weighted by molar-refractivity contribution is 5.45. The second-order valence-corrected chi connectivity index (χ2v) is 5.08. The lowest BCUT2D eigenvalue weighted by atomic mass is 10.1. The molecular formula is C15H25N3O2. The van der Waals surface area contributed by atoms with Crippen molar-refractivity contribution >= 4 is 5.69 Å². The first-order valence-electron chi connectivity index (χ1n) is 7.45. The van der Waals surface area contributed by atoms with E-state index in [1.54, 1.807) is 0 Å². The average molecular weight is 279 g/mol. The molecule has 0 spiro atoms. The van der Waals surface area contributed by atoms with Gasteiger partial charge in [0, 0.05) is 19.1 Å². The lowest BCUT2D eigenvalue weighted by Crippen LogP contribution is -2.44. The molecule has 0 aromatic carbocycles. The number of rotatable bonds is 6. The minimum Gasteiger partial charge on any atom is -0.394 e. The highest BCUT2D eigenvalue weighted by Crippen LogP contribution is 2.20. The van der Waals surface area contributed by atoms with E-state index in [1.807, 2.05) is 6.20 Å². The fourth-order valence-corrected chi connectivity index (χ4v) is 2.56. The third-order valence-electron chi connectivity index (χ3n) is 3.69. The average Bonchev–Trinajstić information content (AvgIpc) is 2.53. The first kappa shape index (κ1) is 15.2. The Balaban J connectivity index is 2.03. The van der Waals surface area contributed by atoms with Gasteiger partial charge in [0.2, 0.25) is 0 Å². The molecule has 2 atom stereocenters. The fourth-order valence-electron chi connectivity index (χ4n) is 2.56. The van der Waals surface area contributed by atoms with Crippen molar-refractivity contribution in [2.24, 2.45) is 0 Å². The molecule has 2 heterocycles. The number of aliphatic hydroxyl groups is 1. The summed E-state index contributed by atoms with van der Waals surface area (Å²) in [7, 11) is 0. The summed E-state index contributed by atoms with van der Waals surface area (Å²) >= 11 is 0. The molecule has 0 bridgehead atoms. The molecule has 0 amide bonds. The number of hydrogen-bond acceptors (Lipinski definition) is 5. The number of pyridine rings is 1. The van der Waals surface area contributed by atoms with Crippen LogP contribution in [-0.4, -0.2) is 49.0 Å². The molecule has 112 valence electrons. The van der Waals surface area contributed by atoms with E-state index in [-0.39, 0.29) is 12.7 Å². The van der Waals surface area contributed by atoms with Gasteiger partial charge in [0.05, 0.1) is 36.9 Å². The molecule has 1 saturated heterocycles. The van der Waals surface area contributed by atoms with Crippen molar-refractivity contribution in [3.63, 3.8) is 0 Å². The summed E-state index contributed by atoms with van der Waals surface area (Å²) in [6, 6.07) is 4.53. The molecule has 0 saturated carbocycles. The molecular weight excluding hydrogens is 254 g/mol. The van der Waals surface area contributed by atoms with E-state index >= 15 is 0 Å². The Kier molecular flexibility index (Phi) is 5.76. The van der Waals surface area contributed by atoms with Crippen molar-refractivity contribution in [2.75, 3.05) is 37.7 Å². The van der Waals surface area contributed by atoms with Crippen molar-refractivity contribution in [2.45, 2.75) is 32.4 Å². The number of anilines is 1. The number of aliphatic hydroxyl groups excluding tert-OH is 1. The molecule has 2 N–H and O–H groups in total. The van der Waals surface area contributed by atoms with E-state index in [4.69, 9.17) is 4.74 Å². The minimum atomic E-state index is -0.0893. The van der Waals surface area contributed by atoms with Crippen LogP contribution in [0.25, 0.3) is 0 Å². The Labute approximate surface area is 121 Å². The minimum absolute atomic E-state index is 0.0698. The maximum atomic E-state index is 9.19. The van der Waals surface area contributed by atoms with Gasteiger partial charge in [-0.3, -0.25) is 4.98 Å². The zero-order valence-electron chi connectivity index (χ0n) is 12.4. The van der Waals surface area contributed by atoms with Crippen LogP contribution in [0.5, 0.6) is 0 Å². The Morgan fingerprint density at radius 1 is 1.50 bits per heavy atom. The molecule has 5 nitrogen and oxygen atoms in total. The molecule has 0 radical (unpaired) electrons. The third kappa shape index (κ3) is 3.69. The second kappa shape index (κ2) is 7.57. The van der Waals surface area contributed by atoms with Gasteiger partial charge in [-0.05, 0) is 25.1 Å². The number of aromatic nitrogens is 1. The summed E-state index contributed by atoms with van der Waals surface area (Å²) in [4.78, 5) is 6.80. The lowest BCUT2D eigenvalue weighted by molar-refractivity contribution is 0.00355. The first-order valence-corrected chi connectivity index (χ1v) is 7.45. The van der Waals surface area contributed by atoms with Crippen LogP contribution in [-0.2, 0) is 4.74 Å². The van der Waals surface area contributed by atoms with Gasteiger partial charge >= 0.3 is 0 Å². The number of nitrogens with one attached hydrogen (secondary N) is 1. The Morgan fingerprint density at radius 3 is 2.95 bits per heavy atom. The smallest absolute Gasteiger partial charge is 0.0980 e. The predicted octanol–water partition coefficient (Wildman–Crippen LogP) is 1.34. The van der Waals surface area contributed by atoms with Crippen LogP contribution < -0.4 is 10.2 Å². The third-order valence-corrected chi connectivity index (χ3v) is 3.69. The van der Waals surface area contributed by atoms with Crippen LogP contribution >= 0.6 is 0 Å². The molecule has 0 aliphatic carbocycles. The van der Waals surface area contributed by atoms with Crippen molar-refractivity contribution in [3.05, 3.63) is 24.0 Å².